The first-order chi connectivity index (χ1) is 12.3. The van der Waals surface area contributed by atoms with Crippen LogP contribution in [0.3, 0.4) is 0 Å². The molecule has 5 nitrogen and oxygen atoms in total. The molecule has 1 aliphatic rings. The van der Waals surface area contributed by atoms with Crippen molar-refractivity contribution in [3.05, 3.63) is 89.9 Å². The van der Waals surface area contributed by atoms with Gasteiger partial charge in [-0.25, -0.2) is 0 Å². The third-order valence-electron chi connectivity index (χ3n) is 4.15. The molecule has 5 heteroatoms. The van der Waals surface area contributed by atoms with Gasteiger partial charge in [0, 0.05) is 17.7 Å². The number of hydrogen-bond acceptors (Lipinski definition) is 4. The molecule has 0 bridgehead atoms. The minimum absolute atomic E-state index is 0.0717. The van der Waals surface area contributed by atoms with Crippen molar-refractivity contribution in [2.45, 2.75) is 12.5 Å². The van der Waals surface area contributed by atoms with Gasteiger partial charge in [0.2, 0.25) is 0 Å². The summed E-state index contributed by atoms with van der Waals surface area (Å²) in [7, 11) is 0. The van der Waals surface area contributed by atoms with Crippen LogP contribution in [0.25, 0.3) is 0 Å². The summed E-state index contributed by atoms with van der Waals surface area (Å²) >= 11 is 0. The Balaban J connectivity index is 1.42. The molecule has 0 spiro atoms. The fraction of sp³-hybridized carbons (Fsp3) is 0.100. The van der Waals surface area contributed by atoms with Crippen LogP contribution in [0, 0.1) is 0 Å². The van der Waals surface area contributed by atoms with Gasteiger partial charge >= 0.3 is 0 Å². The zero-order valence-electron chi connectivity index (χ0n) is 13.5. The molecule has 0 saturated heterocycles. The van der Waals surface area contributed by atoms with E-state index in [1.165, 1.54) is 0 Å². The number of amides is 1. The molecule has 1 aromatic heterocycles. The molecule has 124 valence electrons. The third-order valence-corrected chi connectivity index (χ3v) is 4.15. The Hall–Kier alpha value is -3.34. The second-order valence-electron chi connectivity index (χ2n) is 5.86. The van der Waals surface area contributed by atoms with Gasteiger partial charge < -0.3 is 9.73 Å². The monoisotopic (exact) mass is 331 g/mol. The van der Waals surface area contributed by atoms with Crippen LogP contribution in [0.15, 0.2) is 82.5 Å². The lowest BCUT2D eigenvalue weighted by Crippen LogP contribution is -2.11. The number of carbonyl (C=O) groups excluding carboxylic acids is 1. The number of hydrazone groups is 1. The number of hydrogen-bond donors (Lipinski definition) is 2. The minimum atomic E-state index is -0.119. The summed E-state index contributed by atoms with van der Waals surface area (Å²) in [5, 5.41) is 7.30. The Bertz CT molecular complexity index is 884. The molecule has 2 N–H and O–H groups in total. The third kappa shape index (κ3) is 3.30. The first-order valence-corrected chi connectivity index (χ1v) is 8.12. The zero-order valence-corrected chi connectivity index (χ0v) is 13.5. The highest BCUT2D eigenvalue weighted by Gasteiger charge is 2.23. The largest absolute Gasteiger partial charge is 0.467 e. The second-order valence-corrected chi connectivity index (χ2v) is 5.86. The van der Waals surface area contributed by atoms with E-state index in [2.05, 4.69) is 15.8 Å². The van der Waals surface area contributed by atoms with Gasteiger partial charge in [-0.05, 0) is 42.0 Å². The molecular formula is C20H17N3O2. The molecule has 4 rings (SSSR count). The number of nitrogens with zero attached hydrogens (tertiary/aromatic N) is 1. The molecule has 0 radical (unpaired) electrons. The van der Waals surface area contributed by atoms with Crippen molar-refractivity contribution < 1.29 is 9.21 Å². The average Bonchev–Trinajstić information content (AvgIpc) is 3.35. The van der Waals surface area contributed by atoms with Gasteiger partial charge in [-0.1, -0.05) is 30.3 Å². The normalized spacial score (nSPS) is 16.2. The number of anilines is 1. The zero-order chi connectivity index (χ0) is 17.1. The Morgan fingerprint density at radius 1 is 1.04 bits per heavy atom. The van der Waals surface area contributed by atoms with Gasteiger partial charge in [-0.15, -0.1) is 0 Å². The maximum absolute atomic E-state index is 12.2. The van der Waals surface area contributed by atoms with E-state index in [0.29, 0.717) is 5.56 Å². The van der Waals surface area contributed by atoms with E-state index in [4.69, 9.17) is 4.42 Å². The number of furan rings is 1. The minimum Gasteiger partial charge on any atom is -0.467 e. The van der Waals surface area contributed by atoms with E-state index in [1.54, 1.807) is 18.4 Å². The maximum Gasteiger partial charge on any atom is 0.255 e. The van der Waals surface area contributed by atoms with E-state index in [0.717, 1.165) is 29.1 Å². The fourth-order valence-corrected chi connectivity index (χ4v) is 2.82. The highest BCUT2D eigenvalue weighted by Crippen LogP contribution is 2.25. The number of rotatable bonds is 4. The predicted octanol–water partition coefficient (Wildman–Crippen LogP) is 3.97. The number of carbonyl (C=O) groups is 1. The molecule has 2 aromatic carbocycles. The summed E-state index contributed by atoms with van der Waals surface area (Å²) in [6.45, 7) is 0. The Morgan fingerprint density at radius 2 is 1.84 bits per heavy atom. The van der Waals surface area contributed by atoms with Gasteiger partial charge in [0.15, 0.2) is 0 Å². The van der Waals surface area contributed by atoms with Crippen LogP contribution in [0.1, 0.15) is 34.1 Å². The van der Waals surface area contributed by atoms with E-state index < -0.39 is 0 Å². The Kier molecular flexibility index (Phi) is 4.04. The van der Waals surface area contributed by atoms with Crippen molar-refractivity contribution >= 4 is 17.3 Å². The van der Waals surface area contributed by atoms with Gasteiger partial charge in [-0.2, -0.15) is 5.10 Å². The lowest BCUT2D eigenvalue weighted by molar-refractivity contribution is 0.102. The quantitative estimate of drug-likeness (QED) is 0.760. The molecule has 1 amide bonds. The first kappa shape index (κ1) is 15.2. The van der Waals surface area contributed by atoms with Crippen LogP contribution in [0.4, 0.5) is 5.69 Å². The van der Waals surface area contributed by atoms with E-state index in [9.17, 15) is 4.79 Å². The predicted molar refractivity (Wildman–Crippen MR) is 96.6 cm³/mol. The molecule has 1 atom stereocenters. The lowest BCUT2D eigenvalue weighted by atomic mass is 10.0. The molecule has 0 fully saturated rings. The van der Waals surface area contributed by atoms with Crippen molar-refractivity contribution in [2.24, 2.45) is 5.10 Å². The second kappa shape index (κ2) is 6.65. The summed E-state index contributed by atoms with van der Waals surface area (Å²) in [5.74, 6) is 0.761. The van der Waals surface area contributed by atoms with E-state index in [-0.39, 0.29) is 11.9 Å². The number of nitrogens with one attached hydrogen (secondary N) is 2. The fourth-order valence-electron chi connectivity index (χ4n) is 2.82. The Labute approximate surface area is 145 Å². The standard InChI is InChI=1S/C20H17N3O2/c24-20(15-5-2-1-3-6-15)21-16-10-8-14(9-11-16)17-13-18(23-22-17)19-7-4-12-25-19/h1-12,18,23H,13H2,(H,21,24). The van der Waals surface area contributed by atoms with Gasteiger partial charge in [0.1, 0.15) is 11.8 Å². The van der Waals surface area contributed by atoms with Gasteiger partial charge in [0.05, 0.1) is 12.0 Å². The van der Waals surface area contributed by atoms with Crippen LogP contribution in [0.2, 0.25) is 0 Å². The lowest BCUT2D eigenvalue weighted by Gasteiger charge is -2.07. The smallest absolute Gasteiger partial charge is 0.255 e. The van der Waals surface area contributed by atoms with Crippen molar-refractivity contribution in [1.29, 1.82) is 0 Å². The van der Waals surface area contributed by atoms with Crippen molar-refractivity contribution in [3.63, 3.8) is 0 Å². The van der Waals surface area contributed by atoms with E-state index >= 15 is 0 Å². The molecule has 3 aromatic rings. The van der Waals surface area contributed by atoms with Crippen LogP contribution >= 0.6 is 0 Å². The summed E-state index contributed by atoms with van der Waals surface area (Å²) in [6.07, 6.45) is 2.43. The van der Waals surface area contributed by atoms with Crippen LogP contribution < -0.4 is 10.7 Å². The van der Waals surface area contributed by atoms with Crippen LogP contribution in [0.5, 0.6) is 0 Å². The SMILES string of the molecule is O=C(Nc1ccc(C2=NNC(c3ccco3)C2)cc1)c1ccccc1. The molecule has 2 heterocycles. The summed E-state index contributed by atoms with van der Waals surface area (Å²) < 4.78 is 5.42. The molecule has 1 aliphatic heterocycles. The Morgan fingerprint density at radius 3 is 2.56 bits per heavy atom. The summed E-state index contributed by atoms with van der Waals surface area (Å²) in [4.78, 5) is 12.2. The molecule has 25 heavy (non-hydrogen) atoms. The topological polar surface area (TPSA) is 66.6 Å². The van der Waals surface area contributed by atoms with Crippen molar-refractivity contribution in [3.8, 4) is 0 Å². The average molecular weight is 331 g/mol. The highest BCUT2D eigenvalue weighted by molar-refractivity contribution is 6.05. The molecular weight excluding hydrogens is 314 g/mol. The maximum atomic E-state index is 12.2. The summed E-state index contributed by atoms with van der Waals surface area (Å²) in [5.41, 5.74) is 6.49. The van der Waals surface area contributed by atoms with Crippen molar-refractivity contribution in [2.75, 3.05) is 5.32 Å². The van der Waals surface area contributed by atoms with E-state index in [1.807, 2.05) is 54.6 Å². The van der Waals surface area contributed by atoms with Crippen LogP contribution in [-0.4, -0.2) is 11.6 Å². The molecule has 0 aliphatic carbocycles. The highest BCUT2D eigenvalue weighted by atomic mass is 16.3. The van der Waals surface area contributed by atoms with Gasteiger partial charge in [0.25, 0.3) is 5.91 Å². The summed E-state index contributed by atoms with van der Waals surface area (Å²) in [6, 6.07) is 20.7. The molecule has 0 saturated carbocycles. The van der Waals surface area contributed by atoms with Crippen molar-refractivity contribution in [1.82, 2.24) is 5.43 Å². The molecule has 1 unspecified atom stereocenters. The number of benzene rings is 2. The van der Waals surface area contributed by atoms with Gasteiger partial charge in [-0.3, -0.25) is 10.2 Å². The first-order valence-electron chi connectivity index (χ1n) is 8.12. The van der Waals surface area contributed by atoms with Crippen LogP contribution in [-0.2, 0) is 0 Å².